The zero-order valence-corrected chi connectivity index (χ0v) is 13.2. The summed E-state index contributed by atoms with van der Waals surface area (Å²) in [6, 6.07) is 5.23. The van der Waals surface area contributed by atoms with Crippen LogP contribution in [0.5, 0.6) is 0 Å². The van der Waals surface area contributed by atoms with E-state index in [1.54, 1.807) is 11.0 Å². The molecule has 0 spiro atoms. The Bertz CT molecular complexity index is 421. The second kappa shape index (κ2) is 7.00. The first kappa shape index (κ1) is 15.3. The van der Waals surface area contributed by atoms with Crippen LogP contribution in [0.25, 0.3) is 0 Å². The van der Waals surface area contributed by atoms with Gasteiger partial charge in [-0.3, -0.25) is 4.79 Å². The van der Waals surface area contributed by atoms with Crippen molar-refractivity contribution >= 4 is 39.1 Å². The third kappa shape index (κ3) is 3.89. The van der Waals surface area contributed by atoms with E-state index in [9.17, 15) is 4.79 Å². The van der Waals surface area contributed by atoms with Gasteiger partial charge in [0.15, 0.2) is 0 Å². The first-order chi connectivity index (χ1) is 8.49. The molecule has 0 aliphatic carbocycles. The monoisotopic (exact) mass is 332 g/mol. The summed E-state index contributed by atoms with van der Waals surface area (Å²) in [5, 5.41) is 3.76. The fraction of sp³-hybridized carbons (Fsp3) is 0.462. The van der Waals surface area contributed by atoms with Gasteiger partial charge in [-0.2, -0.15) is 0 Å². The van der Waals surface area contributed by atoms with Crippen LogP contribution in [0.2, 0.25) is 5.02 Å². The third-order valence-corrected chi connectivity index (χ3v) is 3.57. The molecular weight excluding hydrogens is 316 g/mol. The molecule has 0 heterocycles. The van der Waals surface area contributed by atoms with Crippen LogP contribution in [0.3, 0.4) is 0 Å². The molecular formula is C13H18BrClN2O. The molecule has 3 nitrogen and oxygen atoms in total. The van der Waals surface area contributed by atoms with Crippen molar-refractivity contribution in [1.29, 1.82) is 0 Å². The van der Waals surface area contributed by atoms with Crippen molar-refractivity contribution < 1.29 is 4.79 Å². The summed E-state index contributed by atoms with van der Waals surface area (Å²) in [6.45, 7) is 7.22. The Kier molecular flexibility index (Phi) is 5.96. The van der Waals surface area contributed by atoms with Crippen molar-refractivity contribution in [3.8, 4) is 0 Å². The fourth-order valence-corrected chi connectivity index (χ4v) is 2.25. The Morgan fingerprint density at radius 2 is 2.06 bits per heavy atom. The largest absolute Gasteiger partial charge is 0.373 e. The van der Waals surface area contributed by atoms with Gasteiger partial charge in [-0.15, -0.1) is 0 Å². The molecule has 0 saturated heterocycles. The lowest BCUT2D eigenvalue weighted by Gasteiger charge is -2.24. The van der Waals surface area contributed by atoms with E-state index in [-0.39, 0.29) is 11.9 Å². The molecule has 0 radical (unpaired) electrons. The summed E-state index contributed by atoms with van der Waals surface area (Å²) in [6.07, 6.45) is 0. The lowest BCUT2D eigenvalue weighted by atomic mass is 10.2. The van der Waals surface area contributed by atoms with Crippen LogP contribution in [0, 0.1) is 0 Å². The van der Waals surface area contributed by atoms with Crippen LogP contribution in [0.1, 0.15) is 20.8 Å². The second-order valence-electron chi connectivity index (χ2n) is 4.00. The minimum Gasteiger partial charge on any atom is -0.373 e. The lowest BCUT2D eigenvalue weighted by molar-refractivity contribution is -0.131. The standard InChI is InChI=1S/C13H18BrClN2O/c1-4-17(5-2)13(18)9(3)16-12-8-10(14)6-7-11(12)15/h6-9,16H,4-5H2,1-3H3. The Balaban J connectivity index is 2.77. The maximum Gasteiger partial charge on any atom is 0.244 e. The van der Waals surface area contributed by atoms with Crippen molar-refractivity contribution in [2.45, 2.75) is 26.8 Å². The number of halogens is 2. The predicted molar refractivity (Wildman–Crippen MR) is 80.2 cm³/mol. The highest BCUT2D eigenvalue weighted by atomic mass is 79.9. The van der Waals surface area contributed by atoms with Gasteiger partial charge < -0.3 is 10.2 Å². The number of nitrogens with zero attached hydrogens (tertiary/aromatic N) is 1. The molecule has 0 aliphatic heterocycles. The van der Waals surface area contributed by atoms with E-state index in [2.05, 4.69) is 21.2 Å². The number of carbonyl (C=O) groups excluding carboxylic acids is 1. The lowest BCUT2D eigenvalue weighted by Crippen LogP contribution is -2.41. The highest BCUT2D eigenvalue weighted by Gasteiger charge is 2.18. The first-order valence-corrected chi connectivity index (χ1v) is 7.17. The molecule has 100 valence electrons. The Morgan fingerprint density at radius 3 is 2.61 bits per heavy atom. The zero-order valence-electron chi connectivity index (χ0n) is 10.8. The molecule has 1 aromatic carbocycles. The molecule has 0 aromatic heterocycles. The summed E-state index contributed by atoms with van der Waals surface area (Å²) in [4.78, 5) is 13.9. The van der Waals surface area contributed by atoms with E-state index in [0.29, 0.717) is 18.1 Å². The summed E-state index contributed by atoms with van der Waals surface area (Å²) in [5.41, 5.74) is 0.763. The minimum atomic E-state index is -0.295. The first-order valence-electron chi connectivity index (χ1n) is 6.00. The Hall–Kier alpha value is -0.740. The highest BCUT2D eigenvalue weighted by Crippen LogP contribution is 2.26. The average Bonchev–Trinajstić information content (AvgIpc) is 2.35. The third-order valence-electron chi connectivity index (χ3n) is 2.75. The highest BCUT2D eigenvalue weighted by molar-refractivity contribution is 9.10. The van der Waals surface area contributed by atoms with Crippen molar-refractivity contribution in [1.82, 2.24) is 4.90 Å². The maximum atomic E-state index is 12.1. The molecule has 1 aromatic rings. The van der Waals surface area contributed by atoms with Gasteiger partial charge in [0, 0.05) is 17.6 Å². The number of carbonyl (C=O) groups is 1. The molecule has 5 heteroatoms. The maximum absolute atomic E-state index is 12.1. The van der Waals surface area contributed by atoms with Gasteiger partial charge in [0.1, 0.15) is 6.04 Å². The Labute approximate surface area is 122 Å². The number of benzene rings is 1. The summed E-state index contributed by atoms with van der Waals surface area (Å²) in [5.74, 6) is 0.0797. The van der Waals surface area contributed by atoms with Crippen LogP contribution in [0.4, 0.5) is 5.69 Å². The van der Waals surface area contributed by atoms with Gasteiger partial charge in [0.05, 0.1) is 10.7 Å². The Morgan fingerprint density at radius 1 is 1.44 bits per heavy atom. The number of rotatable bonds is 5. The van der Waals surface area contributed by atoms with E-state index < -0.39 is 0 Å². The zero-order chi connectivity index (χ0) is 13.7. The van der Waals surface area contributed by atoms with E-state index in [1.165, 1.54) is 0 Å². The summed E-state index contributed by atoms with van der Waals surface area (Å²) >= 11 is 9.47. The molecule has 1 atom stereocenters. The van der Waals surface area contributed by atoms with Crippen molar-refractivity contribution in [3.05, 3.63) is 27.7 Å². The van der Waals surface area contributed by atoms with Gasteiger partial charge in [-0.05, 0) is 39.0 Å². The van der Waals surface area contributed by atoms with E-state index >= 15 is 0 Å². The van der Waals surface area contributed by atoms with E-state index in [0.717, 1.165) is 10.2 Å². The quantitative estimate of drug-likeness (QED) is 0.889. The predicted octanol–water partition coefficient (Wildman–Crippen LogP) is 3.77. The van der Waals surface area contributed by atoms with Crippen LogP contribution in [0.15, 0.2) is 22.7 Å². The van der Waals surface area contributed by atoms with Crippen molar-refractivity contribution in [2.75, 3.05) is 18.4 Å². The number of anilines is 1. The molecule has 0 bridgehead atoms. The van der Waals surface area contributed by atoms with Crippen molar-refractivity contribution in [3.63, 3.8) is 0 Å². The summed E-state index contributed by atoms with van der Waals surface area (Å²) < 4.78 is 0.928. The number of likely N-dealkylation sites (N-methyl/N-ethyl adjacent to an activating group) is 1. The van der Waals surface area contributed by atoms with Crippen LogP contribution < -0.4 is 5.32 Å². The number of nitrogens with one attached hydrogen (secondary N) is 1. The molecule has 18 heavy (non-hydrogen) atoms. The minimum absolute atomic E-state index is 0.0797. The molecule has 1 N–H and O–H groups in total. The van der Waals surface area contributed by atoms with Crippen LogP contribution in [-0.4, -0.2) is 29.9 Å². The molecule has 1 rings (SSSR count). The summed E-state index contributed by atoms with van der Waals surface area (Å²) in [7, 11) is 0. The van der Waals surface area contributed by atoms with E-state index in [1.807, 2.05) is 32.9 Å². The number of hydrogen-bond donors (Lipinski definition) is 1. The van der Waals surface area contributed by atoms with Gasteiger partial charge in [-0.25, -0.2) is 0 Å². The smallest absolute Gasteiger partial charge is 0.244 e. The van der Waals surface area contributed by atoms with Gasteiger partial charge in [0.2, 0.25) is 5.91 Å². The number of hydrogen-bond acceptors (Lipinski definition) is 2. The number of amides is 1. The molecule has 1 amide bonds. The normalized spacial score (nSPS) is 12.1. The van der Waals surface area contributed by atoms with Gasteiger partial charge in [0.25, 0.3) is 0 Å². The topological polar surface area (TPSA) is 32.3 Å². The molecule has 0 aliphatic rings. The van der Waals surface area contributed by atoms with Gasteiger partial charge in [-0.1, -0.05) is 27.5 Å². The molecule has 0 fully saturated rings. The molecule has 0 saturated carbocycles. The SMILES string of the molecule is CCN(CC)C(=O)C(C)Nc1cc(Br)ccc1Cl. The van der Waals surface area contributed by atoms with E-state index in [4.69, 9.17) is 11.6 Å². The molecule has 1 unspecified atom stereocenters. The van der Waals surface area contributed by atoms with Crippen LogP contribution in [-0.2, 0) is 4.79 Å². The van der Waals surface area contributed by atoms with Gasteiger partial charge >= 0.3 is 0 Å². The van der Waals surface area contributed by atoms with Crippen molar-refractivity contribution in [2.24, 2.45) is 0 Å². The van der Waals surface area contributed by atoms with Crippen LogP contribution >= 0.6 is 27.5 Å². The second-order valence-corrected chi connectivity index (χ2v) is 5.32. The average molecular weight is 334 g/mol. The fourth-order valence-electron chi connectivity index (χ4n) is 1.71.